The quantitative estimate of drug-likeness (QED) is 0.300. The molecule has 0 amide bonds. The van der Waals surface area contributed by atoms with Crippen molar-refractivity contribution < 1.29 is 9.90 Å². The first-order valence-corrected chi connectivity index (χ1v) is 9.49. The molecule has 4 radical (unpaired) electrons. The van der Waals surface area contributed by atoms with Crippen LogP contribution in [-0.2, 0) is 4.79 Å². The molecule has 0 aliphatic rings. The number of aliphatic carboxylic acids is 1. The fourth-order valence-electron chi connectivity index (χ4n) is 2.82. The lowest BCUT2D eigenvalue weighted by molar-refractivity contribution is -0.137. The van der Waals surface area contributed by atoms with Crippen LogP contribution in [0, 0.1) is 7.43 Å². The van der Waals surface area contributed by atoms with Crippen LogP contribution in [-0.4, -0.2) is 11.1 Å². The van der Waals surface area contributed by atoms with Gasteiger partial charge in [-0.2, -0.15) is 0 Å². The van der Waals surface area contributed by atoms with Crippen LogP contribution in [0.15, 0.2) is 0 Å². The van der Waals surface area contributed by atoms with E-state index in [0.29, 0.717) is 6.42 Å². The number of unbranched alkanes of at least 4 members (excludes halogenated alkanes) is 15. The van der Waals surface area contributed by atoms with Gasteiger partial charge in [0, 0.05) is 13.8 Å². The molecule has 0 aromatic carbocycles. The third-order valence-electron chi connectivity index (χ3n) is 4.24. The molecule has 0 saturated carbocycles. The van der Waals surface area contributed by atoms with Gasteiger partial charge < -0.3 is 5.11 Å². The molecule has 130 valence electrons. The molecule has 0 aromatic rings. The molecule has 1 N–H and O–H groups in total. The van der Waals surface area contributed by atoms with Crippen molar-refractivity contribution in [3.63, 3.8) is 0 Å². The second kappa shape index (κ2) is 20.5. The Kier molecular flexibility index (Phi) is 22.1. The van der Waals surface area contributed by atoms with Crippen LogP contribution in [0.2, 0.25) is 0 Å². The minimum absolute atomic E-state index is 0. The summed E-state index contributed by atoms with van der Waals surface area (Å²) < 4.78 is 0. The molecule has 0 aliphatic carbocycles. The van der Waals surface area contributed by atoms with Crippen molar-refractivity contribution in [1.29, 1.82) is 0 Å². The summed E-state index contributed by atoms with van der Waals surface area (Å²) in [5, 5.41) is 8.53. The largest absolute Gasteiger partial charge is 0.481 e. The fourth-order valence-corrected chi connectivity index (χ4v) is 2.82. The molecule has 0 heterocycles. The second-order valence-electron chi connectivity index (χ2n) is 6.45. The average Bonchev–Trinajstić information content (AvgIpc) is 2.46. The van der Waals surface area contributed by atoms with Crippen LogP contribution < -0.4 is 0 Å². The highest BCUT2D eigenvalue weighted by Gasteiger charge is 1.97. The summed E-state index contributed by atoms with van der Waals surface area (Å²) in [6.07, 6.45) is 21.7. The zero-order valence-corrected chi connectivity index (χ0v) is 14.9. The predicted octanol–water partition coefficient (Wildman–Crippen LogP) is 6.80. The van der Waals surface area contributed by atoms with Gasteiger partial charge in [0.15, 0.2) is 0 Å². The molecular weight excluding hydrogens is 272 g/mol. The second-order valence-corrected chi connectivity index (χ2v) is 6.45. The lowest BCUT2D eigenvalue weighted by Crippen LogP contribution is -1.93. The molecule has 0 unspecified atom stereocenters. The van der Waals surface area contributed by atoms with Crippen molar-refractivity contribution in [3.05, 3.63) is 7.43 Å². The molecule has 0 bridgehead atoms. The molecule has 0 aliphatic heterocycles. The molecular formula is C20H38O2. The smallest absolute Gasteiger partial charge is 0.303 e. The average molecular weight is 311 g/mol. The van der Waals surface area contributed by atoms with Gasteiger partial charge in [0.1, 0.15) is 0 Å². The van der Waals surface area contributed by atoms with Crippen molar-refractivity contribution in [2.75, 3.05) is 0 Å². The fraction of sp³-hybridized carbons (Fsp3) is 0.900. The maximum atomic E-state index is 10.3. The third kappa shape index (κ3) is 21.8. The molecule has 2 nitrogen and oxygen atoms in total. The van der Waals surface area contributed by atoms with Gasteiger partial charge in [-0.15, -0.1) is 0 Å². The number of carboxylic acid groups (broad SMARTS) is 1. The maximum absolute atomic E-state index is 10.3. The first-order chi connectivity index (χ1) is 10.3. The summed E-state index contributed by atoms with van der Waals surface area (Å²) in [7, 11) is 0. The van der Waals surface area contributed by atoms with E-state index in [1.165, 1.54) is 89.9 Å². The van der Waals surface area contributed by atoms with E-state index in [1.54, 1.807) is 0 Å². The Balaban J connectivity index is 0. The minimum atomic E-state index is -0.652. The Bertz CT molecular complexity index is 214. The van der Waals surface area contributed by atoms with Crippen LogP contribution in [0.5, 0.6) is 0 Å². The summed E-state index contributed by atoms with van der Waals surface area (Å²) in [4.78, 5) is 10.3. The molecule has 0 saturated heterocycles. The van der Waals surface area contributed by atoms with Crippen LogP contribution in [0.1, 0.15) is 116 Å². The number of carboxylic acids is 1. The summed E-state index contributed by atoms with van der Waals surface area (Å²) in [6, 6.07) is 0. The zero-order chi connectivity index (χ0) is 15.6. The predicted molar refractivity (Wildman–Crippen MR) is 95.0 cm³/mol. The molecule has 0 atom stereocenters. The number of rotatable bonds is 17. The molecule has 0 fully saturated rings. The van der Waals surface area contributed by atoms with E-state index in [1.807, 2.05) is 0 Å². The van der Waals surface area contributed by atoms with E-state index < -0.39 is 5.97 Å². The van der Waals surface area contributed by atoms with Crippen LogP contribution in [0.25, 0.3) is 0 Å². The van der Waals surface area contributed by atoms with Crippen LogP contribution in [0.3, 0.4) is 0 Å². The van der Waals surface area contributed by atoms with E-state index in [9.17, 15) is 4.79 Å². The molecule has 2 heteroatoms. The first kappa shape index (κ1) is 23.7. The van der Waals surface area contributed by atoms with Gasteiger partial charge in [-0.1, -0.05) is 103 Å². The highest BCUT2D eigenvalue weighted by Crippen LogP contribution is 2.13. The van der Waals surface area contributed by atoms with Crippen molar-refractivity contribution in [2.24, 2.45) is 0 Å². The molecule has 0 spiro atoms. The van der Waals surface area contributed by atoms with Crippen LogP contribution >= 0.6 is 0 Å². The van der Waals surface area contributed by atoms with Gasteiger partial charge in [-0.05, 0) is 6.42 Å². The molecule has 22 heavy (non-hydrogen) atoms. The monoisotopic (exact) mass is 310 g/mol. The third-order valence-corrected chi connectivity index (χ3v) is 4.24. The Morgan fingerprint density at radius 2 is 0.864 bits per heavy atom. The molecule has 0 aromatic heterocycles. The number of hydrogen-bond acceptors (Lipinski definition) is 1. The van der Waals surface area contributed by atoms with Crippen molar-refractivity contribution in [3.8, 4) is 0 Å². The standard InChI is InChI=1S/C19H38O2.C/c1-2-3-4-5-6-7-8-9-10-11-12-13-14-15-16-17-18-19(20)21;/h2-18H2,1H3,(H,20,21);. The number of hydrogen-bond donors (Lipinski definition) is 1. The topological polar surface area (TPSA) is 37.3 Å². The lowest BCUT2D eigenvalue weighted by Gasteiger charge is -2.03. The van der Waals surface area contributed by atoms with Gasteiger partial charge in [-0.3, -0.25) is 4.79 Å². The summed E-state index contributed by atoms with van der Waals surface area (Å²) in [5.74, 6) is -0.652. The SMILES string of the molecule is CCCCCCCCCCCCCCCCCCC(=O)O.[C]. The van der Waals surface area contributed by atoms with E-state index >= 15 is 0 Å². The Morgan fingerprint density at radius 3 is 1.14 bits per heavy atom. The Morgan fingerprint density at radius 1 is 0.591 bits per heavy atom. The summed E-state index contributed by atoms with van der Waals surface area (Å²) in [5.41, 5.74) is 0. The first-order valence-electron chi connectivity index (χ1n) is 9.49. The van der Waals surface area contributed by atoms with Gasteiger partial charge >= 0.3 is 5.97 Å². The van der Waals surface area contributed by atoms with E-state index in [4.69, 9.17) is 5.11 Å². The zero-order valence-electron chi connectivity index (χ0n) is 14.9. The molecule has 0 rings (SSSR count). The summed E-state index contributed by atoms with van der Waals surface area (Å²) >= 11 is 0. The lowest BCUT2D eigenvalue weighted by atomic mass is 10.0. The minimum Gasteiger partial charge on any atom is -0.481 e. The van der Waals surface area contributed by atoms with E-state index in [0.717, 1.165) is 12.8 Å². The van der Waals surface area contributed by atoms with Crippen LogP contribution in [0.4, 0.5) is 0 Å². The van der Waals surface area contributed by atoms with Crippen molar-refractivity contribution in [1.82, 2.24) is 0 Å². The normalized spacial score (nSPS) is 10.4. The Hall–Kier alpha value is -0.530. The highest BCUT2D eigenvalue weighted by molar-refractivity contribution is 5.66. The number of carbonyl (C=O) groups is 1. The Labute approximate surface area is 140 Å². The van der Waals surface area contributed by atoms with E-state index in [-0.39, 0.29) is 7.43 Å². The highest BCUT2D eigenvalue weighted by atomic mass is 16.4. The van der Waals surface area contributed by atoms with Crippen molar-refractivity contribution >= 4 is 5.97 Å². The maximum Gasteiger partial charge on any atom is 0.303 e. The van der Waals surface area contributed by atoms with E-state index in [2.05, 4.69) is 6.92 Å². The van der Waals surface area contributed by atoms with Gasteiger partial charge in [0.05, 0.1) is 0 Å². The van der Waals surface area contributed by atoms with Gasteiger partial charge in [0.25, 0.3) is 0 Å². The summed E-state index contributed by atoms with van der Waals surface area (Å²) in [6.45, 7) is 2.27. The van der Waals surface area contributed by atoms with Gasteiger partial charge in [-0.25, -0.2) is 0 Å². The van der Waals surface area contributed by atoms with Gasteiger partial charge in [0.2, 0.25) is 0 Å². The van der Waals surface area contributed by atoms with Crippen molar-refractivity contribution in [2.45, 2.75) is 116 Å².